The number of carbonyl (C=O) groups excluding carboxylic acids is 1. The van der Waals surface area contributed by atoms with Gasteiger partial charge < -0.3 is 0 Å². The standard InChI is InChI=1S/C9H20N2OSe/c1-8(2,3)10-7(12)11(13)9(4,5)6/h13H,1-6H3,(H,10,12). The van der Waals surface area contributed by atoms with Crippen molar-refractivity contribution in [3.63, 3.8) is 0 Å². The van der Waals surface area contributed by atoms with E-state index in [1.807, 2.05) is 41.5 Å². The molecule has 0 saturated carbocycles. The van der Waals surface area contributed by atoms with Crippen LogP contribution < -0.4 is 5.32 Å². The molecule has 78 valence electrons. The predicted molar refractivity (Wildman–Crippen MR) is 57.0 cm³/mol. The number of carbonyl (C=O) groups is 1. The molecule has 1 N–H and O–H groups in total. The van der Waals surface area contributed by atoms with E-state index in [0.29, 0.717) is 0 Å². The van der Waals surface area contributed by atoms with Crippen molar-refractivity contribution in [3.05, 3.63) is 0 Å². The molecule has 0 fully saturated rings. The number of urea groups is 1. The maximum atomic E-state index is 11.6. The van der Waals surface area contributed by atoms with Crippen molar-refractivity contribution in [1.29, 1.82) is 0 Å². The van der Waals surface area contributed by atoms with Crippen molar-refractivity contribution in [1.82, 2.24) is 9.23 Å². The van der Waals surface area contributed by atoms with Crippen molar-refractivity contribution < 1.29 is 4.79 Å². The van der Waals surface area contributed by atoms with Crippen LogP contribution in [0.5, 0.6) is 0 Å². The van der Waals surface area contributed by atoms with E-state index in [9.17, 15) is 4.79 Å². The fourth-order valence-corrected chi connectivity index (χ4v) is 0.783. The second kappa shape index (κ2) is 3.89. The van der Waals surface area contributed by atoms with Crippen molar-refractivity contribution in [3.8, 4) is 0 Å². The Morgan fingerprint density at radius 3 is 1.77 bits per heavy atom. The minimum absolute atomic E-state index is 0.0556. The van der Waals surface area contributed by atoms with Gasteiger partial charge in [0.1, 0.15) is 0 Å². The molecule has 0 bridgehead atoms. The van der Waals surface area contributed by atoms with Gasteiger partial charge in [-0.2, -0.15) is 0 Å². The Morgan fingerprint density at radius 1 is 1.15 bits per heavy atom. The van der Waals surface area contributed by atoms with Crippen LogP contribution in [0.15, 0.2) is 0 Å². The fraction of sp³-hybridized carbons (Fsp3) is 0.889. The summed E-state index contributed by atoms with van der Waals surface area (Å²) >= 11 is 2.28. The van der Waals surface area contributed by atoms with Gasteiger partial charge in [0, 0.05) is 0 Å². The van der Waals surface area contributed by atoms with Gasteiger partial charge in [-0.15, -0.1) is 0 Å². The molecule has 0 aromatic carbocycles. The minimum atomic E-state index is -0.180. The summed E-state index contributed by atoms with van der Waals surface area (Å²) in [5, 5.41) is 2.90. The zero-order chi connectivity index (χ0) is 10.9. The number of hydrogen-bond donors (Lipinski definition) is 1. The van der Waals surface area contributed by atoms with Crippen LogP contribution in [0.2, 0.25) is 0 Å². The average molecular weight is 251 g/mol. The summed E-state index contributed by atoms with van der Waals surface area (Å²) in [7, 11) is 0. The first-order valence-electron chi connectivity index (χ1n) is 4.35. The van der Waals surface area contributed by atoms with E-state index in [4.69, 9.17) is 0 Å². The van der Waals surface area contributed by atoms with Crippen molar-refractivity contribution in [2.45, 2.75) is 52.6 Å². The van der Waals surface area contributed by atoms with E-state index in [1.54, 1.807) is 3.92 Å². The normalized spacial score (nSPS) is 12.5. The van der Waals surface area contributed by atoms with Crippen LogP contribution in [0.3, 0.4) is 0 Å². The van der Waals surface area contributed by atoms with E-state index >= 15 is 0 Å². The number of amides is 2. The molecule has 0 aliphatic rings. The summed E-state index contributed by atoms with van der Waals surface area (Å²) in [6, 6.07) is -0.0556. The molecule has 0 aliphatic carbocycles. The molecule has 13 heavy (non-hydrogen) atoms. The Kier molecular flexibility index (Phi) is 3.82. The van der Waals surface area contributed by atoms with E-state index in [-0.39, 0.29) is 17.1 Å². The van der Waals surface area contributed by atoms with E-state index < -0.39 is 0 Å². The van der Waals surface area contributed by atoms with Crippen LogP contribution in [0.1, 0.15) is 41.5 Å². The maximum absolute atomic E-state index is 11.6. The molecule has 0 rings (SSSR count). The van der Waals surface area contributed by atoms with E-state index in [1.165, 1.54) is 0 Å². The monoisotopic (exact) mass is 252 g/mol. The van der Waals surface area contributed by atoms with E-state index in [0.717, 1.165) is 0 Å². The average Bonchev–Trinajstić information content (AvgIpc) is 1.79. The SMILES string of the molecule is CC(C)(C)NC(=O)N([SeH])C(C)(C)C. The van der Waals surface area contributed by atoms with Crippen LogP contribution >= 0.6 is 0 Å². The second-order valence-electron chi connectivity index (χ2n) is 5.16. The molecule has 0 saturated heterocycles. The summed E-state index contributed by atoms with van der Waals surface area (Å²) in [5.41, 5.74) is -0.337. The van der Waals surface area contributed by atoms with Crippen LogP contribution in [0, 0.1) is 0 Å². The predicted octanol–water partition coefficient (Wildman–Crippen LogP) is 1.41. The number of hydrogen-bond acceptors (Lipinski definition) is 1. The summed E-state index contributed by atoms with van der Waals surface area (Å²) < 4.78 is 1.64. The first-order valence-corrected chi connectivity index (χ1v) is 5.19. The molecular formula is C9H20N2OSe. The van der Waals surface area contributed by atoms with Gasteiger partial charge in [0.15, 0.2) is 0 Å². The Labute approximate surface area is 89.3 Å². The Morgan fingerprint density at radius 2 is 1.54 bits per heavy atom. The third-order valence-electron chi connectivity index (χ3n) is 1.31. The Bertz CT molecular complexity index is 191. The summed E-state index contributed by atoms with van der Waals surface area (Å²) in [5.74, 6) is 0. The molecular weight excluding hydrogens is 231 g/mol. The van der Waals surface area contributed by atoms with Gasteiger partial charge in [-0.25, -0.2) is 0 Å². The third-order valence-corrected chi connectivity index (χ3v) is 2.95. The number of rotatable bonds is 0. The van der Waals surface area contributed by atoms with Crippen LogP contribution in [0.25, 0.3) is 0 Å². The molecule has 0 unspecified atom stereocenters. The second-order valence-corrected chi connectivity index (χ2v) is 6.00. The molecule has 3 nitrogen and oxygen atoms in total. The van der Waals surface area contributed by atoms with Gasteiger partial charge >= 0.3 is 88.9 Å². The van der Waals surface area contributed by atoms with Crippen molar-refractivity contribution in [2.75, 3.05) is 0 Å². The first-order chi connectivity index (χ1) is 5.54. The summed E-state index contributed by atoms with van der Waals surface area (Å²) in [6.45, 7) is 11.9. The number of nitrogens with zero attached hydrogens (tertiary/aromatic N) is 1. The Balaban J connectivity index is 4.30. The molecule has 0 aliphatic heterocycles. The summed E-state index contributed by atoms with van der Waals surface area (Å²) in [4.78, 5) is 11.6. The molecule has 4 heteroatoms. The van der Waals surface area contributed by atoms with Gasteiger partial charge in [-0.05, 0) is 0 Å². The quantitative estimate of drug-likeness (QED) is 0.649. The third kappa shape index (κ3) is 5.17. The molecule has 0 spiro atoms. The van der Waals surface area contributed by atoms with Gasteiger partial charge in [0.25, 0.3) is 0 Å². The van der Waals surface area contributed by atoms with Gasteiger partial charge in [-0.3, -0.25) is 0 Å². The van der Waals surface area contributed by atoms with Crippen LogP contribution in [-0.4, -0.2) is 37.3 Å². The first kappa shape index (κ1) is 12.8. The van der Waals surface area contributed by atoms with Crippen LogP contribution in [0.4, 0.5) is 4.79 Å². The fourth-order valence-electron chi connectivity index (χ4n) is 0.678. The van der Waals surface area contributed by atoms with Gasteiger partial charge in [0.05, 0.1) is 0 Å². The molecule has 0 aromatic heterocycles. The zero-order valence-corrected chi connectivity index (χ0v) is 11.2. The van der Waals surface area contributed by atoms with Gasteiger partial charge in [0.2, 0.25) is 0 Å². The topological polar surface area (TPSA) is 32.3 Å². The summed E-state index contributed by atoms with van der Waals surface area (Å²) in [6.07, 6.45) is 0. The zero-order valence-electron chi connectivity index (χ0n) is 9.30. The number of nitrogens with one attached hydrogen (secondary N) is 1. The molecule has 0 atom stereocenters. The molecule has 2 amide bonds. The van der Waals surface area contributed by atoms with Crippen molar-refractivity contribution >= 4 is 22.3 Å². The Hall–Kier alpha value is -0.211. The van der Waals surface area contributed by atoms with E-state index in [2.05, 4.69) is 21.5 Å². The molecule has 0 aromatic rings. The molecule has 0 radical (unpaired) electrons. The molecule has 0 heterocycles. The van der Waals surface area contributed by atoms with Crippen LogP contribution in [-0.2, 0) is 0 Å². The van der Waals surface area contributed by atoms with Gasteiger partial charge in [-0.1, -0.05) is 0 Å². The van der Waals surface area contributed by atoms with Crippen molar-refractivity contribution in [2.24, 2.45) is 0 Å².